The molecule has 3 nitrogen and oxygen atoms in total. The summed E-state index contributed by atoms with van der Waals surface area (Å²) in [5.74, 6) is 3.17. The van der Waals surface area contributed by atoms with Crippen molar-refractivity contribution in [2.75, 3.05) is 17.6 Å². The molecule has 2 saturated carbocycles. The first kappa shape index (κ1) is 14.8. The Morgan fingerprint density at radius 1 is 1.17 bits per heavy atom. The topological polar surface area (TPSA) is 61.9 Å². The van der Waals surface area contributed by atoms with Crippen LogP contribution in [0, 0.1) is 23.2 Å². The predicted octanol–water partition coefficient (Wildman–Crippen LogP) is 4.57. The Hall–Kier alpha value is -1.81. The first-order valence-electron chi connectivity index (χ1n) is 8.43. The molecule has 2 aromatic rings. The molecule has 1 aromatic carbocycles. The van der Waals surface area contributed by atoms with Gasteiger partial charge >= 0.3 is 0 Å². The molecule has 0 spiro atoms. The second kappa shape index (κ2) is 6.00. The smallest absolute Gasteiger partial charge is 0.0407 e. The predicted molar refractivity (Wildman–Crippen MR) is 98.6 cm³/mol. The molecule has 0 radical (unpaired) electrons. The molecule has 2 aliphatic carbocycles. The highest BCUT2D eigenvalue weighted by Crippen LogP contribution is 2.60. The fraction of sp³-hybridized carbons (Fsp3) is 0.421. The molecule has 1 aliphatic heterocycles. The molecule has 120 valence electrons. The molecule has 4 atom stereocenters. The zero-order valence-corrected chi connectivity index (χ0v) is 14.0. The second-order valence-electron chi connectivity index (χ2n) is 6.87. The number of hydrogen-bond donors (Lipinski definition) is 3. The summed E-state index contributed by atoms with van der Waals surface area (Å²) in [7, 11) is 0. The van der Waals surface area contributed by atoms with Gasteiger partial charge in [0.2, 0.25) is 0 Å². The zero-order chi connectivity index (χ0) is 15.8. The van der Waals surface area contributed by atoms with Crippen LogP contribution in [0.2, 0.25) is 0 Å². The summed E-state index contributed by atoms with van der Waals surface area (Å²) in [5.41, 5.74) is 10.3. The largest absolute Gasteiger partial charge is 0.398 e. The quantitative estimate of drug-likeness (QED) is 0.531. The number of benzene rings is 1. The van der Waals surface area contributed by atoms with E-state index in [-0.39, 0.29) is 0 Å². The van der Waals surface area contributed by atoms with Gasteiger partial charge in [0.1, 0.15) is 0 Å². The van der Waals surface area contributed by atoms with Crippen molar-refractivity contribution in [1.29, 1.82) is 5.41 Å². The molecule has 2 bridgehead atoms. The van der Waals surface area contributed by atoms with Crippen LogP contribution in [0.1, 0.15) is 36.3 Å². The highest BCUT2D eigenvalue weighted by molar-refractivity contribution is 7.07. The normalized spacial score (nSPS) is 29.7. The Labute approximate surface area is 141 Å². The van der Waals surface area contributed by atoms with E-state index in [4.69, 9.17) is 11.1 Å². The third-order valence-electron chi connectivity index (χ3n) is 5.84. The molecule has 2 unspecified atom stereocenters. The van der Waals surface area contributed by atoms with E-state index in [1.54, 1.807) is 11.3 Å². The Morgan fingerprint density at radius 2 is 1.96 bits per heavy atom. The number of nitrogens with two attached hydrogens (primary N) is 1. The van der Waals surface area contributed by atoms with Gasteiger partial charge in [0, 0.05) is 29.7 Å². The van der Waals surface area contributed by atoms with Crippen LogP contribution >= 0.6 is 11.3 Å². The summed E-state index contributed by atoms with van der Waals surface area (Å²) in [6, 6.07) is 8.06. The van der Waals surface area contributed by atoms with Crippen LogP contribution in [-0.4, -0.2) is 12.8 Å². The van der Waals surface area contributed by atoms with Gasteiger partial charge in [-0.1, -0.05) is 12.1 Å². The van der Waals surface area contributed by atoms with Crippen LogP contribution in [0.5, 0.6) is 0 Å². The molecule has 5 rings (SSSR count). The van der Waals surface area contributed by atoms with Crippen molar-refractivity contribution in [2.45, 2.75) is 25.2 Å². The van der Waals surface area contributed by atoms with Crippen molar-refractivity contribution in [3.8, 4) is 0 Å². The minimum atomic E-state index is 0.653. The van der Waals surface area contributed by atoms with Gasteiger partial charge in [-0.25, -0.2) is 0 Å². The molecule has 0 saturated heterocycles. The lowest BCUT2D eigenvalue weighted by Crippen LogP contribution is -2.33. The van der Waals surface area contributed by atoms with Crippen molar-refractivity contribution in [3.05, 3.63) is 46.2 Å². The SMILES string of the molecule is N=Cc1c(N)ccc2c1[C@H]1C3CCC(C3)[C@H]1CN2.c1ccsc1. The first-order chi connectivity index (χ1) is 11.3. The average molecular weight is 325 g/mol. The van der Waals surface area contributed by atoms with E-state index in [0.717, 1.165) is 35.5 Å². The monoisotopic (exact) mass is 325 g/mol. The number of nitrogens with one attached hydrogen (secondary N) is 2. The lowest BCUT2D eigenvalue weighted by atomic mass is 9.71. The lowest BCUT2D eigenvalue weighted by molar-refractivity contribution is 0.294. The third-order valence-corrected chi connectivity index (χ3v) is 6.47. The molecule has 23 heavy (non-hydrogen) atoms. The zero-order valence-electron chi connectivity index (χ0n) is 13.2. The van der Waals surface area contributed by atoms with Crippen LogP contribution in [-0.2, 0) is 0 Å². The Bertz CT molecular complexity index is 678. The first-order valence-corrected chi connectivity index (χ1v) is 9.37. The van der Waals surface area contributed by atoms with Gasteiger partial charge in [0.05, 0.1) is 0 Å². The van der Waals surface area contributed by atoms with Crippen LogP contribution in [0.3, 0.4) is 0 Å². The summed E-state index contributed by atoms with van der Waals surface area (Å²) in [6.07, 6.45) is 5.62. The molecule has 3 aliphatic rings. The molecule has 2 heterocycles. The number of rotatable bonds is 1. The van der Waals surface area contributed by atoms with Gasteiger partial charge in [0.15, 0.2) is 0 Å². The van der Waals surface area contributed by atoms with E-state index in [9.17, 15) is 0 Å². The van der Waals surface area contributed by atoms with Crippen LogP contribution in [0.4, 0.5) is 11.4 Å². The van der Waals surface area contributed by atoms with E-state index >= 15 is 0 Å². The minimum Gasteiger partial charge on any atom is -0.398 e. The highest BCUT2D eigenvalue weighted by atomic mass is 32.1. The van der Waals surface area contributed by atoms with Gasteiger partial charge in [-0.3, -0.25) is 0 Å². The molecule has 4 N–H and O–H groups in total. The van der Waals surface area contributed by atoms with Crippen LogP contribution < -0.4 is 11.1 Å². The Kier molecular flexibility index (Phi) is 3.85. The molecule has 4 heteroatoms. The number of anilines is 2. The van der Waals surface area contributed by atoms with Crippen LogP contribution in [0.15, 0.2) is 35.0 Å². The van der Waals surface area contributed by atoms with Crippen molar-refractivity contribution in [1.82, 2.24) is 0 Å². The van der Waals surface area contributed by atoms with E-state index in [1.807, 2.05) is 29.0 Å². The second-order valence-corrected chi connectivity index (χ2v) is 7.69. The number of nitrogen functional groups attached to an aromatic ring is 1. The Morgan fingerprint density at radius 3 is 2.65 bits per heavy atom. The summed E-state index contributed by atoms with van der Waals surface area (Å²) < 4.78 is 0. The minimum absolute atomic E-state index is 0.653. The van der Waals surface area contributed by atoms with Crippen LogP contribution in [0.25, 0.3) is 0 Å². The number of thiophene rings is 1. The summed E-state index contributed by atoms with van der Waals surface area (Å²) >= 11 is 1.71. The fourth-order valence-electron chi connectivity index (χ4n) is 4.94. The van der Waals surface area contributed by atoms with E-state index in [2.05, 4.69) is 11.4 Å². The van der Waals surface area contributed by atoms with Gasteiger partial charge < -0.3 is 16.5 Å². The lowest BCUT2D eigenvalue weighted by Gasteiger charge is -2.38. The van der Waals surface area contributed by atoms with Crippen molar-refractivity contribution < 1.29 is 0 Å². The number of hydrogen-bond acceptors (Lipinski definition) is 4. The van der Waals surface area contributed by atoms with Gasteiger partial charge in [0.25, 0.3) is 0 Å². The summed E-state index contributed by atoms with van der Waals surface area (Å²) in [6.45, 7) is 1.11. The maximum absolute atomic E-state index is 7.68. The van der Waals surface area contributed by atoms with Gasteiger partial charge in [-0.2, -0.15) is 11.3 Å². The van der Waals surface area contributed by atoms with Gasteiger partial charge in [-0.05, 0) is 71.4 Å². The highest BCUT2D eigenvalue weighted by Gasteiger charge is 2.50. The van der Waals surface area contributed by atoms with Gasteiger partial charge in [-0.15, -0.1) is 0 Å². The maximum atomic E-state index is 7.68. The average Bonchev–Trinajstić information content (AvgIpc) is 3.33. The van der Waals surface area contributed by atoms with Crippen molar-refractivity contribution in [3.63, 3.8) is 0 Å². The summed E-state index contributed by atoms with van der Waals surface area (Å²) in [5, 5.41) is 15.3. The van der Waals surface area contributed by atoms with E-state index in [1.165, 1.54) is 36.7 Å². The fourth-order valence-corrected chi connectivity index (χ4v) is 5.39. The Balaban J connectivity index is 0.000000233. The molecule has 0 amide bonds. The maximum Gasteiger partial charge on any atom is 0.0407 e. The number of fused-ring (bicyclic) bond motifs is 7. The standard InChI is InChI=1S/C15H19N3.C4H4S/c16-6-10-12(17)3-4-13-15(10)14-9-2-1-8(5-9)11(14)7-18-13;1-2-4-5-3-1/h3-4,6,8-9,11,14,16,18H,1-2,5,7,17H2;1-4H/t8?,9?,11-,14+;/m1./s1. The van der Waals surface area contributed by atoms with E-state index < -0.39 is 0 Å². The molecule has 2 fully saturated rings. The van der Waals surface area contributed by atoms with Crippen molar-refractivity contribution >= 4 is 28.9 Å². The van der Waals surface area contributed by atoms with E-state index in [0.29, 0.717) is 5.92 Å². The third kappa shape index (κ3) is 2.45. The molecular weight excluding hydrogens is 302 g/mol. The molecular formula is C19H23N3S. The molecule has 1 aromatic heterocycles. The summed E-state index contributed by atoms with van der Waals surface area (Å²) in [4.78, 5) is 0. The van der Waals surface area contributed by atoms with Crippen molar-refractivity contribution in [2.24, 2.45) is 17.8 Å².